The topological polar surface area (TPSA) is 126 Å². The third kappa shape index (κ3) is 9.48. The summed E-state index contributed by atoms with van der Waals surface area (Å²) >= 11 is 0. The van der Waals surface area contributed by atoms with Crippen LogP contribution in [0.3, 0.4) is 0 Å². The number of hydrogen-bond donors (Lipinski definition) is 2. The van der Waals surface area contributed by atoms with Crippen LogP contribution in [0, 0.1) is 0 Å². The van der Waals surface area contributed by atoms with E-state index >= 15 is 0 Å². The summed E-state index contributed by atoms with van der Waals surface area (Å²) in [6.07, 6.45) is 9.52. The SMILES string of the molecule is C[C@H]1CCCCN1c1nnc2ccc(O[C@@H]3CC[C@H](CCCC(=O)Nc4cc(C(C)(C)C)nn4-c4ccc(CO)c(OCCN5CCN(C)CC5)c4)c4ccccc43)cn12. The van der Waals surface area contributed by atoms with E-state index in [0.29, 0.717) is 36.6 Å². The van der Waals surface area contributed by atoms with Crippen molar-refractivity contribution in [1.82, 2.24) is 34.2 Å². The minimum Gasteiger partial charge on any atom is -0.492 e. The number of carbonyl (C=O) groups excluding carboxylic acids is 1. The molecule has 320 valence electrons. The molecule has 13 heteroatoms. The number of nitrogens with zero attached hydrogens (tertiary/aromatic N) is 8. The summed E-state index contributed by atoms with van der Waals surface area (Å²) in [5.74, 6) is 3.25. The van der Waals surface area contributed by atoms with Gasteiger partial charge in [0.05, 0.1) is 24.2 Å². The van der Waals surface area contributed by atoms with Gasteiger partial charge in [-0.25, -0.2) is 4.68 Å². The summed E-state index contributed by atoms with van der Waals surface area (Å²) in [6, 6.07) is 20.8. The normalized spacial score (nSPS) is 20.3. The molecular formula is C47H63N9O4. The number of rotatable bonds is 14. The van der Waals surface area contributed by atoms with Crippen LogP contribution in [0.4, 0.5) is 11.8 Å². The van der Waals surface area contributed by atoms with E-state index in [4.69, 9.17) is 14.6 Å². The number of likely N-dealkylation sites (N-methyl/N-ethyl adjacent to an activating group) is 1. The highest BCUT2D eigenvalue weighted by Crippen LogP contribution is 2.42. The molecule has 2 N–H and O–H groups in total. The van der Waals surface area contributed by atoms with E-state index in [1.807, 2.05) is 42.6 Å². The van der Waals surface area contributed by atoms with Gasteiger partial charge in [-0.05, 0) is 94.2 Å². The van der Waals surface area contributed by atoms with Crippen LogP contribution in [-0.4, -0.2) is 104 Å². The van der Waals surface area contributed by atoms with E-state index in [1.165, 1.54) is 24.0 Å². The Morgan fingerprint density at radius 2 is 1.75 bits per heavy atom. The molecule has 3 aromatic heterocycles. The maximum absolute atomic E-state index is 13.6. The first-order valence-electron chi connectivity index (χ1n) is 22.1. The van der Waals surface area contributed by atoms with Crippen LogP contribution >= 0.6 is 0 Å². The summed E-state index contributed by atoms with van der Waals surface area (Å²) < 4.78 is 16.9. The molecule has 2 aliphatic heterocycles. The number of benzene rings is 2. The van der Waals surface area contributed by atoms with Crippen molar-refractivity contribution in [2.45, 2.75) is 109 Å². The summed E-state index contributed by atoms with van der Waals surface area (Å²) in [4.78, 5) is 20.8. The Morgan fingerprint density at radius 3 is 2.53 bits per heavy atom. The Balaban J connectivity index is 0.905. The molecule has 5 aromatic rings. The predicted molar refractivity (Wildman–Crippen MR) is 236 cm³/mol. The van der Waals surface area contributed by atoms with Gasteiger partial charge in [0.2, 0.25) is 11.9 Å². The average Bonchev–Trinajstić information content (AvgIpc) is 3.87. The summed E-state index contributed by atoms with van der Waals surface area (Å²) in [7, 11) is 2.15. The number of aliphatic hydroxyl groups is 1. The molecule has 0 saturated carbocycles. The largest absolute Gasteiger partial charge is 0.492 e. The number of anilines is 2. The number of pyridine rings is 1. The Hall–Kier alpha value is -4.98. The standard InChI is InChI=1S/C47H63N9O4/c1-33-11-8-9-22-54(33)46-50-49-43-21-19-37(31-55(43)46)60-40-20-17-34(38-13-6-7-14-39(38)40)12-10-15-45(58)48-44-30-42(47(2,3)4)51-56(44)36-18-16-35(32-57)41(29-36)59-28-27-53-25-23-52(5)24-26-53/h6-7,13-14,16,18-19,21,29-31,33-34,40,57H,8-12,15,17,20,22-28,32H2,1-5H3,(H,48,58)/t33-,34-,40+/m0/s1. The molecule has 1 amide bonds. The highest BCUT2D eigenvalue weighted by molar-refractivity contribution is 5.90. The molecule has 3 atom stereocenters. The highest BCUT2D eigenvalue weighted by Gasteiger charge is 2.30. The van der Waals surface area contributed by atoms with Crippen molar-refractivity contribution in [3.63, 3.8) is 0 Å². The van der Waals surface area contributed by atoms with Gasteiger partial charge in [0.1, 0.15) is 30.0 Å². The molecule has 1 aliphatic carbocycles. The van der Waals surface area contributed by atoms with Gasteiger partial charge in [0, 0.05) is 74.8 Å². The van der Waals surface area contributed by atoms with Crippen LogP contribution in [0.15, 0.2) is 66.9 Å². The van der Waals surface area contributed by atoms with E-state index in [0.717, 1.165) is 106 Å². The lowest BCUT2D eigenvalue weighted by Crippen LogP contribution is -2.45. The quantitative estimate of drug-likeness (QED) is 0.116. The first-order valence-corrected chi connectivity index (χ1v) is 22.1. The van der Waals surface area contributed by atoms with Gasteiger partial charge in [-0.15, -0.1) is 10.2 Å². The molecule has 60 heavy (non-hydrogen) atoms. The molecule has 3 aliphatic rings. The van der Waals surface area contributed by atoms with Gasteiger partial charge >= 0.3 is 0 Å². The number of piperazine rings is 1. The van der Waals surface area contributed by atoms with Crippen molar-refractivity contribution in [2.24, 2.45) is 0 Å². The van der Waals surface area contributed by atoms with Crippen molar-refractivity contribution >= 4 is 23.3 Å². The van der Waals surface area contributed by atoms with Gasteiger partial charge in [-0.1, -0.05) is 51.1 Å². The number of hydrogen-bond acceptors (Lipinski definition) is 10. The van der Waals surface area contributed by atoms with Gasteiger partial charge in [-0.3, -0.25) is 14.1 Å². The van der Waals surface area contributed by atoms with Gasteiger partial charge in [-0.2, -0.15) is 5.10 Å². The van der Waals surface area contributed by atoms with Crippen LogP contribution in [0.1, 0.15) is 113 Å². The molecule has 2 aromatic carbocycles. The minimum atomic E-state index is -0.230. The first-order chi connectivity index (χ1) is 29.0. The molecule has 0 radical (unpaired) electrons. The van der Waals surface area contributed by atoms with Crippen molar-refractivity contribution < 1.29 is 19.4 Å². The summed E-state index contributed by atoms with van der Waals surface area (Å²) in [5, 5.41) is 27.3. The Kier molecular flexibility index (Phi) is 12.8. The zero-order chi connectivity index (χ0) is 41.8. The van der Waals surface area contributed by atoms with Gasteiger partial charge < -0.3 is 29.7 Å². The minimum absolute atomic E-state index is 0.0414. The fourth-order valence-corrected chi connectivity index (χ4v) is 8.99. The second-order valence-corrected chi connectivity index (χ2v) is 18.1. The second-order valence-electron chi connectivity index (χ2n) is 18.1. The van der Waals surface area contributed by atoms with Crippen LogP contribution in [-0.2, 0) is 16.8 Å². The fourth-order valence-electron chi connectivity index (χ4n) is 8.99. The zero-order valence-electron chi connectivity index (χ0n) is 36.1. The van der Waals surface area contributed by atoms with Crippen LogP contribution in [0.2, 0.25) is 0 Å². The van der Waals surface area contributed by atoms with Crippen molar-refractivity contribution in [3.8, 4) is 17.2 Å². The van der Waals surface area contributed by atoms with E-state index in [1.54, 1.807) is 4.68 Å². The number of piperidine rings is 1. The molecule has 5 heterocycles. The number of nitrogens with one attached hydrogen (secondary N) is 1. The van der Waals surface area contributed by atoms with E-state index < -0.39 is 0 Å². The molecule has 0 bridgehead atoms. The van der Waals surface area contributed by atoms with Crippen molar-refractivity contribution in [1.29, 1.82) is 0 Å². The number of carbonyl (C=O) groups is 1. The van der Waals surface area contributed by atoms with E-state index in [-0.39, 0.29) is 24.0 Å². The monoisotopic (exact) mass is 818 g/mol. The van der Waals surface area contributed by atoms with Crippen molar-refractivity contribution in [3.05, 3.63) is 89.2 Å². The van der Waals surface area contributed by atoms with Crippen LogP contribution in [0.5, 0.6) is 11.5 Å². The Bertz CT molecular complexity index is 2240. The second kappa shape index (κ2) is 18.3. The first kappa shape index (κ1) is 41.7. The summed E-state index contributed by atoms with van der Waals surface area (Å²) in [5.41, 5.74) is 5.48. The number of aliphatic hydroxyl groups excluding tert-OH is 1. The molecule has 0 unspecified atom stereocenters. The highest BCUT2D eigenvalue weighted by atomic mass is 16.5. The van der Waals surface area contributed by atoms with Gasteiger partial charge in [0.25, 0.3) is 0 Å². The Labute approximate surface area is 354 Å². The third-order valence-electron chi connectivity index (χ3n) is 12.7. The predicted octanol–water partition coefficient (Wildman–Crippen LogP) is 7.52. The number of ether oxygens (including phenoxy) is 2. The molecule has 8 rings (SSSR count). The van der Waals surface area contributed by atoms with Crippen LogP contribution in [0.25, 0.3) is 11.3 Å². The van der Waals surface area contributed by atoms with Crippen molar-refractivity contribution in [2.75, 3.05) is 63.1 Å². The lowest BCUT2D eigenvalue weighted by Gasteiger charge is -2.33. The molecule has 2 saturated heterocycles. The van der Waals surface area contributed by atoms with E-state index in [2.05, 4.69) is 93.6 Å². The summed E-state index contributed by atoms with van der Waals surface area (Å²) in [6.45, 7) is 15.0. The number of amides is 1. The average molecular weight is 818 g/mol. The Morgan fingerprint density at radius 1 is 0.933 bits per heavy atom. The third-order valence-corrected chi connectivity index (χ3v) is 12.7. The smallest absolute Gasteiger partial charge is 0.232 e. The van der Waals surface area contributed by atoms with Crippen LogP contribution < -0.4 is 19.7 Å². The molecule has 0 spiro atoms. The number of aromatic nitrogens is 5. The number of fused-ring (bicyclic) bond motifs is 2. The maximum Gasteiger partial charge on any atom is 0.232 e. The fraction of sp³-hybridized carbons (Fsp3) is 0.532. The molecular weight excluding hydrogens is 755 g/mol. The lowest BCUT2D eigenvalue weighted by atomic mass is 9.79. The molecule has 13 nitrogen and oxygen atoms in total. The lowest BCUT2D eigenvalue weighted by molar-refractivity contribution is -0.116. The van der Waals surface area contributed by atoms with Gasteiger partial charge in [0.15, 0.2) is 5.65 Å². The zero-order valence-corrected chi connectivity index (χ0v) is 36.1. The molecule has 2 fully saturated rings. The maximum atomic E-state index is 13.6. The van der Waals surface area contributed by atoms with E-state index in [9.17, 15) is 9.90 Å².